The van der Waals surface area contributed by atoms with Gasteiger partial charge >= 0.3 is 0 Å². The first-order valence-corrected chi connectivity index (χ1v) is 14.7. The number of carbonyl (C=O) groups is 2. The van der Waals surface area contributed by atoms with Crippen LogP contribution >= 0.6 is 0 Å². The van der Waals surface area contributed by atoms with Gasteiger partial charge in [0.2, 0.25) is 0 Å². The second-order valence-electron chi connectivity index (χ2n) is 11.3. The van der Waals surface area contributed by atoms with Crippen molar-refractivity contribution in [2.45, 2.75) is 19.4 Å². The molecule has 7 nitrogen and oxygen atoms in total. The molecule has 1 aliphatic heterocycles. The number of benzene rings is 4. The van der Waals surface area contributed by atoms with Crippen LogP contribution in [0.4, 0.5) is 4.39 Å². The Hall–Kier alpha value is -5.08. The van der Waals surface area contributed by atoms with E-state index in [-0.39, 0.29) is 30.2 Å². The fraction of sp³-hybridized carbons (Fsp3) is 0.216. The summed E-state index contributed by atoms with van der Waals surface area (Å²) in [4.78, 5) is 34.1. The van der Waals surface area contributed by atoms with E-state index in [0.717, 1.165) is 16.5 Å². The number of nitrogens with zero attached hydrogens (tertiary/aromatic N) is 2. The van der Waals surface area contributed by atoms with Gasteiger partial charge in [-0.15, -0.1) is 0 Å². The summed E-state index contributed by atoms with van der Waals surface area (Å²) in [5, 5.41) is 0.765. The number of Topliss-reactive ketones (excluding diaryl/α,β-unsaturated/α-hetero) is 2. The third kappa shape index (κ3) is 6.42. The van der Waals surface area contributed by atoms with Crippen LogP contribution in [0.5, 0.6) is 23.0 Å². The Morgan fingerprint density at radius 1 is 0.756 bits per heavy atom. The molecule has 2 heterocycles. The monoisotopic (exact) mass is 604 g/mol. The number of pyridine rings is 1. The Labute approximate surface area is 261 Å². The van der Waals surface area contributed by atoms with Gasteiger partial charge in [0.25, 0.3) is 0 Å². The molecule has 6 rings (SSSR count). The summed E-state index contributed by atoms with van der Waals surface area (Å²) < 4.78 is 30.5. The predicted molar refractivity (Wildman–Crippen MR) is 169 cm³/mol. The molecule has 1 saturated heterocycles. The normalized spacial score (nSPS) is 14.0. The first-order valence-electron chi connectivity index (χ1n) is 14.7. The van der Waals surface area contributed by atoms with Gasteiger partial charge < -0.3 is 14.2 Å². The molecule has 0 spiro atoms. The van der Waals surface area contributed by atoms with Crippen molar-refractivity contribution in [1.29, 1.82) is 0 Å². The van der Waals surface area contributed by atoms with Crippen LogP contribution in [0.1, 0.15) is 16.7 Å². The molecule has 0 bridgehead atoms. The highest BCUT2D eigenvalue weighted by Crippen LogP contribution is 2.38. The van der Waals surface area contributed by atoms with Crippen LogP contribution in [-0.4, -0.2) is 48.8 Å². The molecule has 0 unspecified atom stereocenters. The molecule has 0 saturated carbocycles. The molecule has 1 aliphatic rings. The number of ketones is 2. The lowest BCUT2D eigenvalue weighted by atomic mass is 9.69. The van der Waals surface area contributed by atoms with Crippen molar-refractivity contribution in [2.75, 3.05) is 27.3 Å². The summed E-state index contributed by atoms with van der Waals surface area (Å²) in [6, 6.07) is 28.6. The molecule has 4 aromatic carbocycles. The van der Waals surface area contributed by atoms with Crippen LogP contribution in [0.15, 0.2) is 103 Å². The molecule has 5 aromatic rings. The van der Waals surface area contributed by atoms with E-state index in [4.69, 9.17) is 14.2 Å². The van der Waals surface area contributed by atoms with E-state index in [1.165, 1.54) is 12.1 Å². The summed E-state index contributed by atoms with van der Waals surface area (Å²) >= 11 is 0. The third-order valence-corrected chi connectivity index (χ3v) is 8.30. The first-order chi connectivity index (χ1) is 21.9. The van der Waals surface area contributed by atoms with E-state index in [0.29, 0.717) is 53.7 Å². The van der Waals surface area contributed by atoms with E-state index < -0.39 is 5.41 Å². The maximum atomic E-state index is 13.9. The van der Waals surface area contributed by atoms with Gasteiger partial charge in [0.1, 0.15) is 22.7 Å². The largest absolute Gasteiger partial charge is 0.493 e. The Kier molecular flexibility index (Phi) is 8.58. The van der Waals surface area contributed by atoms with Crippen LogP contribution in [0, 0.1) is 11.2 Å². The number of hydrogen-bond donors (Lipinski definition) is 0. The molecule has 0 radical (unpaired) electrons. The number of methoxy groups -OCH3 is 2. The zero-order chi connectivity index (χ0) is 31.4. The quantitative estimate of drug-likeness (QED) is 0.148. The second kappa shape index (κ2) is 12.9. The number of hydrogen-bond acceptors (Lipinski definition) is 7. The molecular formula is C37H33FN2O5. The van der Waals surface area contributed by atoms with Crippen molar-refractivity contribution in [3.8, 4) is 23.0 Å². The van der Waals surface area contributed by atoms with E-state index in [1.807, 2.05) is 60.7 Å². The van der Waals surface area contributed by atoms with Crippen molar-refractivity contribution in [1.82, 2.24) is 9.88 Å². The number of fused-ring (bicyclic) bond motifs is 1. The van der Waals surface area contributed by atoms with Crippen LogP contribution in [0.2, 0.25) is 0 Å². The van der Waals surface area contributed by atoms with E-state index >= 15 is 0 Å². The lowest BCUT2D eigenvalue weighted by Gasteiger charge is -2.48. The number of aromatic nitrogens is 1. The molecule has 0 atom stereocenters. The molecule has 228 valence electrons. The summed E-state index contributed by atoms with van der Waals surface area (Å²) in [5.41, 5.74) is 2.18. The van der Waals surface area contributed by atoms with Gasteiger partial charge in [-0.1, -0.05) is 54.6 Å². The summed E-state index contributed by atoms with van der Waals surface area (Å²) in [5.74, 6) is 1.72. The van der Waals surface area contributed by atoms with Crippen molar-refractivity contribution in [2.24, 2.45) is 5.41 Å². The molecule has 45 heavy (non-hydrogen) atoms. The van der Waals surface area contributed by atoms with Gasteiger partial charge in [-0.05, 0) is 53.1 Å². The van der Waals surface area contributed by atoms with Gasteiger partial charge in [-0.3, -0.25) is 19.5 Å². The average Bonchev–Trinajstić information content (AvgIpc) is 3.04. The maximum Gasteiger partial charge on any atom is 0.162 e. The van der Waals surface area contributed by atoms with Gasteiger partial charge in [0, 0.05) is 50.1 Å². The van der Waals surface area contributed by atoms with Crippen LogP contribution < -0.4 is 14.2 Å². The van der Waals surface area contributed by atoms with Gasteiger partial charge in [0.05, 0.1) is 19.7 Å². The third-order valence-electron chi connectivity index (χ3n) is 8.30. The molecule has 0 N–H and O–H groups in total. The van der Waals surface area contributed by atoms with Crippen molar-refractivity contribution >= 4 is 22.5 Å². The zero-order valence-corrected chi connectivity index (χ0v) is 25.2. The second-order valence-corrected chi connectivity index (χ2v) is 11.3. The number of rotatable bonds is 12. The van der Waals surface area contributed by atoms with E-state index in [1.54, 1.807) is 44.7 Å². The highest BCUT2D eigenvalue weighted by atomic mass is 19.1. The highest BCUT2D eigenvalue weighted by Gasteiger charge is 2.53. The first kappa shape index (κ1) is 30.0. The molecule has 1 aromatic heterocycles. The minimum absolute atomic E-state index is 0.0779. The minimum atomic E-state index is -1.12. The minimum Gasteiger partial charge on any atom is -0.493 e. The summed E-state index contributed by atoms with van der Waals surface area (Å²) in [6.45, 7) is 1.37. The van der Waals surface area contributed by atoms with Crippen molar-refractivity contribution in [3.63, 3.8) is 0 Å². The van der Waals surface area contributed by atoms with Crippen molar-refractivity contribution in [3.05, 3.63) is 126 Å². The van der Waals surface area contributed by atoms with E-state index in [9.17, 15) is 14.0 Å². The Balaban J connectivity index is 1.18. The Bertz CT molecular complexity index is 1820. The topological polar surface area (TPSA) is 78.0 Å². The zero-order valence-electron chi connectivity index (χ0n) is 25.2. The standard InChI is InChI=1S/C37H33FN2O5/c1-43-33-20-30-31(21-34(33)44-2)39-17-16-32(30)45-29-14-10-26(11-15-29)19-36(42)37(35(41)18-25-8-12-28(38)13-9-25)23-40(24-37)22-27-6-4-3-5-7-27/h3-17,20-21H,18-19,22-24H2,1-2H3. The number of ether oxygens (including phenoxy) is 3. The number of halogens is 1. The van der Waals surface area contributed by atoms with Gasteiger partial charge in [-0.25, -0.2) is 4.39 Å². The number of likely N-dealkylation sites (tertiary alicyclic amines) is 1. The average molecular weight is 605 g/mol. The molecule has 0 aliphatic carbocycles. The Morgan fingerprint density at radius 3 is 1.98 bits per heavy atom. The molecule has 0 amide bonds. The number of carbonyl (C=O) groups excluding carboxylic acids is 2. The maximum absolute atomic E-state index is 13.9. The molecule has 8 heteroatoms. The van der Waals surface area contributed by atoms with Crippen molar-refractivity contribution < 1.29 is 28.2 Å². The van der Waals surface area contributed by atoms with Crippen LogP contribution in [-0.2, 0) is 29.0 Å². The Morgan fingerprint density at radius 2 is 1.36 bits per heavy atom. The molecule has 1 fully saturated rings. The van der Waals surface area contributed by atoms with Crippen LogP contribution in [0.25, 0.3) is 10.9 Å². The lowest BCUT2D eigenvalue weighted by molar-refractivity contribution is -0.152. The summed E-state index contributed by atoms with van der Waals surface area (Å²) in [6.07, 6.45) is 1.86. The lowest BCUT2D eigenvalue weighted by Crippen LogP contribution is -2.64. The fourth-order valence-electron chi connectivity index (χ4n) is 5.83. The molecular weight excluding hydrogens is 571 g/mol. The van der Waals surface area contributed by atoms with Gasteiger partial charge in [-0.2, -0.15) is 0 Å². The SMILES string of the molecule is COc1cc2nccc(Oc3ccc(CC(=O)C4(C(=O)Cc5ccc(F)cc5)CN(Cc5ccccc5)C4)cc3)c2cc1OC. The van der Waals surface area contributed by atoms with E-state index in [2.05, 4.69) is 9.88 Å². The summed E-state index contributed by atoms with van der Waals surface area (Å²) in [7, 11) is 3.15. The van der Waals surface area contributed by atoms with Gasteiger partial charge in [0.15, 0.2) is 23.1 Å². The highest BCUT2D eigenvalue weighted by molar-refractivity contribution is 6.10. The predicted octanol–water partition coefficient (Wildman–Crippen LogP) is 6.61. The van der Waals surface area contributed by atoms with Crippen LogP contribution in [0.3, 0.4) is 0 Å². The smallest absolute Gasteiger partial charge is 0.162 e. The fourth-order valence-corrected chi connectivity index (χ4v) is 5.83.